The topological polar surface area (TPSA) is 12.9 Å². The molecular weight excluding hydrogens is 162 g/mol. The second-order valence-corrected chi connectivity index (χ2v) is 2.94. The Morgan fingerprint density at radius 2 is 2.30 bits per heavy atom. The minimum atomic E-state index is 0.157. The van der Waals surface area contributed by atoms with Gasteiger partial charge in [0.05, 0.1) is 10.9 Å². The molecule has 0 N–H and O–H groups in total. The van der Waals surface area contributed by atoms with Gasteiger partial charge in [-0.15, -0.1) is 0 Å². The molecule has 1 aromatic heterocycles. The number of rotatable bonds is 2. The van der Waals surface area contributed by atoms with Gasteiger partial charge in [-0.2, -0.15) is 25.3 Å². The van der Waals surface area contributed by atoms with E-state index in [0.29, 0.717) is 0 Å². The molecule has 1 rings (SSSR count). The van der Waals surface area contributed by atoms with Crippen molar-refractivity contribution in [3.8, 4) is 0 Å². The summed E-state index contributed by atoms with van der Waals surface area (Å²) in [6.45, 7) is 0. The van der Waals surface area contributed by atoms with Crippen molar-refractivity contribution in [1.82, 2.24) is 4.98 Å². The summed E-state index contributed by atoms with van der Waals surface area (Å²) in [4.78, 5) is 4.12. The molecule has 0 aromatic carbocycles. The molecule has 1 atom stereocenters. The molecule has 0 aliphatic carbocycles. The maximum Gasteiger partial charge on any atom is 0.0539 e. The predicted octanol–water partition coefficient (Wildman–Crippen LogP) is 1.98. The van der Waals surface area contributed by atoms with Crippen LogP contribution in [0, 0.1) is 0 Å². The van der Waals surface area contributed by atoms with E-state index < -0.39 is 0 Å². The standard InChI is InChI=1S/C7H9NS2/c9-5-7(10)6-3-1-2-4-8-6/h1-4,7,9-10H,5H2. The fourth-order valence-corrected chi connectivity index (χ4v) is 1.01. The van der Waals surface area contributed by atoms with Crippen LogP contribution in [0.15, 0.2) is 24.4 Å². The first-order chi connectivity index (χ1) is 4.84. The lowest BCUT2D eigenvalue weighted by Crippen LogP contribution is -1.93. The summed E-state index contributed by atoms with van der Waals surface area (Å²) < 4.78 is 0. The third kappa shape index (κ3) is 1.92. The zero-order chi connectivity index (χ0) is 7.40. The second-order valence-electron chi connectivity index (χ2n) is 1.95. The molecule has 3 heteroatoms. The SMILES string of the molecule is SCC(S)c1ccccn1. The van der Waals surface area contributed by atoms with E-state index in [-0.39, 0.29) is 5.25 Å². The van der Waals surface area contributed by atoms with Crippen LogP contribution in [0.2, 0.25) is 0 Å². The van der Waals surface area contributed by atoms with Crippen LogP contribution in [0.5, 0.6) is 0 Å². The Morgan fingerprint density at radius 3 is 2.80 bits per heavy atom. The monoisotopic (exact) mass is 171 g/mol. The Bertz CT molecular complexity index is 188. The zero-order valence-electron chi connectivity index (χ0n) is 5.44. The Labute approximate surface area is 71.7 Å². The van der Waals surface area contributed by atoms with Gasteiger partial charge in [0.25, 0.3) is 0 Å². The summed E-state index contributed by atoms with van der Waals surface area (Å²) in [6.07, 6.45) is 1.77. The van der Waals surface area contributed by atoms with Crippen molar-refractivity contribution >= 4 is 25.3 Å². The smallest absolute Gasteiger partial charge is 0.0539 e. The number of hydrogen-bond acceptors (Lipinski definition) is 3. The Kier molecular flexibility index (Phi) is 3.09. The van der Waals surface area contributed by atoms with E-state index in [9.17, 15) is 0 Å². The van der Waals surface area contributed by atoms with Gasteiger partial charge in [-0.3, -0.25) is 4.98 Å². The molecule has 0 saturated heterocycles. The van der Waals surface area contributed by atoms with Crippen LogP contribution in [-0.2, 0) is 0 Å². The van der Waals surface area contributed by atoms with Gasteiger partial charge in [-0.25, -0.2) is 0 Å². The molecular formula is C7H9NS2. The van der Waals surface area contributed by atoms with Crippen molar-refractivity contribution in [3.63, 3.8) is 0 Å². The highest BCUT2D eigenvalue weighted by molar-refractivity contribution is 7.84. The fourth-order valence-electron chi connectivity index (χ4n) is 0.667. The van der Waals surface area contributed by atoms with Crippen molar-refractivity contribution in [1.29, 1.82) is 0 Å². The lowest BCUT2D eigenvalue weighted by molar-refractivity contribution is 1.03. The molecule has 0 spiro atoms. The molecule has 0 aliphatic rings. The molecule has 1 nitrogen and oxygen atoms in total. The van der Waals surface area contributed by atoms with Gasteiger partial charge in [0.2, 0.25) is 0 Å². The van der Waals surface area contributed by atoms with Crippen LogP contribution < -0.4 is 0 Å². The molecule has 0 amide bonds. The van der Waals surface area contributed by atoms with E-state index in [1.54, 1.807) is 6.20 Å². The average Bonchev–Trinajstić information content (AvgIpc) is 2.05. The molecule has 1 heterocycles. The van der Waals surface area contributed by atoms with E-state index in [0.717, 1.165) is 11.4 Å². The Morgan fingerprint density at radius 1 is 1.50 bits per heavy atom. The molecule has 0 bridgehead atoms. The summed E-state index contributed by atoms with van der Waals surface area (Å²) in [5, 5.41) is 0.157. The van der Waals surface area contributed by atoms with Crippen LogP contribution in [-0.4, -0.2) is 10.7 Å². The first-order valence-corrected chi connectivity index (χ1v) is 4.19. The van der Waals surface area contributed by atoms with E-state index in [2.05, 4.69) is 30.2 Å². The number of hydrogen-bond donors (Lipinski definition) is 2. The van der Waals surface area contributed by atoms with Gasteiger partial charge in [0.15, 0.2) is 0 Å². The maximum atomic E-state index is 4.28. The number of aromatic nitrogens is 1. The molecule has 0 fully saturated rings. The number of thiol groups is 2. The third-order valence-electron chi connectivity index (χ3n) is 1.20. The molecule has 1 unspecified atom stereocenters. The summed E-state index contributed by atoms with van der Waals surface area (Å²) in [6, 6.07) is 5.80. The largest absolute Gasteiger partial charge is 0.260 e. The van der Waals surface area contributed by atoms with E-state index in [1.807, 2.05) is 18.2 Å². The van der Waals surface area contributed by atoms with E-state index in [1.165, 1.54) is 0 Å². The minimum Gasteiger partial charge on any atom is -0.260 e. The molecule has 1 aromatic rings. The number of pyridine rings is 1. The van der Waals surface area contributed by atoms with E-state index >= 15 is 0 Å². The first-order valence-electron chi connectivity index (χ1n) is 3.04. The van der Waals surface area contributed by atoms with Gasteiger partial charge < -0.3 is 0 Å². The van der Waals surface area contributed by atoms with Gasteiger partial charge in [0.1, 0.15) is 0 Å². The second kappa shape index (κ2) is 3.88. The van der Waals surface area contributed by atoms with Crippen LogP contribution in [0.3, 0.4) is 0 Å². The predicted molar refractivity (Wildman–Crippen MR) is 49.8 cm³/mol. The van der Waals surface area contributed by atoms with Crippen LogP contribution in [0.25, 0.3) is 0 Å². The van der Waals surface area contributed by atoms with Crippen molar-refractivity contribution in [2.75, 3.05) is 5.75 Å². The maximum absolute atomic E-state index is 4.28. The quantitative estimate of drug-likeness (QED) is 0.649. The zero-order valence-corrected chi connectivity index (χ0v) is 7.22. The number of nitrogens with zero attached hydrogens (tertiary/aromatic N) is 1. The van der Waals surface area contributed by atoms with Crippen molar-refractivity contribution in [3.05, 3.63) is 30.1 Å². The minimum absolute atomic E-state index is 0.157. The molecule has 0 saturated carbocycles. The van der Waals surface area contributed by atoms with E-state index in [4.69, 9.17) is 0 Å². The van der Waals surface area contributed by atoms with Crippen LogP contribution >= 0.6 is 25.3 Å². The first kappa shape index (κ1) is 7.95. The van der Waals surface area contributed by atoms with Gasteiger partial charge in [-0.05, 0) is 12.1 Å². The van der Waals surface area contributed by atoms with Crippen LogP contribution in [0.4, 0.5) is 0 Å². The normalized spacial score (nSPS) is 13.0. The van der Waals surface area contributed by atoms with Gasteiger partial charge >= 0.3 is 0 Å². The van der Waals surface area contributed by atoms with Crippen molar-refractivity contribution in [2.45, 2.75) is 5.25 Å². The molecule has 0 aliphatic heterocycles. The highest BCUT2D eigenvalue weighted by Crippen LogP contribution is 2.17. The lowest BCUT2D eigenvalue weighted by atomic mass is 10.3. The highest BCUT2D eigenvalue weighted by Gasteiger charge is 2.02. The summed E-state index contributed by atoms with van der Waals surface area (Å²) in [7, 11) is 0. The third-order valence-corrected chi connectivity index (χ3v) is 2.30. The molecule has 10 heavy (non-hydrogen) atoms. The average molecular weight is 171 g/mol. The van der Waals surface area contributed by atoms with Crippen molar-refractivity contribution < 1.29 is 0 Å². The Hall–Kier alpha value is -0.150. The molecule has 0 radical (unpaired) electrons. The van der Waals surface area contributed by atoms with Crippen molar-refractivity contribution in [2.24, 2.45) is 0 Å². The van der Waals surface area contributed by atoms with Crippen LogP contribution in [0.1, 0.15) is 10.9 Å². The summed E-state index contributed by atoms with van der Waals surface area (Å²) >= 11 is 8.39. The fraction of sp³-hybridized carbons (Fsp3) is 0.286. The highest BCUT2D eigenvalue weighted by atomic mass is 32.1. The van der Waals surface area contributed by atoms with Gasteiger partial charge in [-0.1, -0.05) is 6.07 Å². The summed E-state index contributed by atoms with van der Waals surface area (Å²) in [5.74, 6) is 0.722. The summed E-state index contributed by atoms with van der Waals surface area (Å²) in [5.41, 5.74) is 0.987. The Balaban J connectivity index is 2.75. The van der Waals surface area contributed by atoms with Gasteiger partial charge in [0, 0.05) is 11.9 Å². The lowest BCUT2D eigenvalue weighted by Gasteiger charge is -2.03. The molecule has 54 valence electrons.